The van der Waals surface area contributed by atoms with E-state index >= 15 is 0 Å². The fourth-order valence-electron chi connectivity index (χ4n) is 5.55. The monoisotopic (exact) mass is 549 g/mol. The first-order valence-electron chi connectivity index (χ1n) is 13.2. The first-order valence-corrected chi connectivity index (χ1v) is 13.2. The molecule has 0 fully saturated rings. The lowest BCUT2D eigenvalue weighted by Gasteiger charge is -2.39. The van der Waals surface area contributed by atoms with Crippen LogP contribution in [0.4, 0.5) is 0 Å². The third-order valence-electron chi connectivity index (χ3n) is 7.34. The summed E-state index contributed by atoms with van der Waals surface area (Å²) < 4.78 is 27.0. The molecule has 9 heteroatoms. The Hall–Kier alpha value is -4.27. The van der Waals surface area contributed by atoms with Crippen molar-refractivity contribution >= 4 is 17.7 Å². The molecule has 0 bridgehead atoms. The summed E-state index contributed by atoms with van der Waals surface area (Å²) in [5, 5.41) is 3.31. The minimum atomic E-state index is -1.10. The number of methoxy groups -OCH3 is 3. The standard InChI is InChI=1S/C31H35NO8/c1-7-39-30(34)25-17(3)32-22-16-21(18-9-12-20(36-4)13-10-18)27(31(35)40-8-2)29(33)28(22)26(25)19-11-14-23(37-5)24(15-19)38-6/h9-15,21,26-27,32H,7-8,16H2,1-6H3. The summed E-state index contributed by atoms with van der Waals surface area (Å²) in [6.07, 6.45) is 0.355. The van der Waals surface area contributed by atoms with E-state index in [9.17, 15) is 14.4 Å². The third-order valence-corrected chi connectivity index (χ3v) is 7.34. The number of hydrogen-bond donors (Lipinski definition) is 1. The zero-order valence-corrected chi connectivity index (χ0v) is 23.7. The lowest BCUT2D eigenvalue weighted by Crippen LogP contribution is -2.43. The quantitative estimate of drug-likeness (QED) is 0.359. The van der Waals surface area contributed by atoms with Gasteiger partial charge in [0.1, 0.15) is 11.7 Å². The molecular weight excluding hydrogens is 514 g/mol. The highest BCUT2D eigenvalue weighted by atomic mass is 16.5. The number of benzene rings is 2. The first kappa shape index (κ1) is 28.7. The van der Waals surface area contributed by atoms with Gasteiger partial charge >= 0.3 is 11.9 Å². The maximum Gasteiger partial charge on any atom is 0.336 e. The van der Waals surface area contributed by atoms with Gasteiger partial charge in [-0.3, -0.25) is 9.59 Å². The lowest BCUT2D eigenvalue weighted by molar-refractivity contribution is -0.152. The highest BCUT2D eigenvalue weighted by Gasteiger charge is 2.49. The van der Waals surface area contributed by atoms with Crippen molar-refractivity contribution in [2.45, 2.75) is 39.0 Å². The van der Waals surface area contributed by atoms with E-state index in [1.54, 1.807) is 58.2 Å². The smallest absolute Gasteiger partial charge is 0.336 e. The molecule has 0 aromatic heterocycles. The summed E-state index contributed by atoms with van der Waals surface area (Å²) >= 11 is 0. The fourth-order valence-corrected chi connectivity index (χ4v) is 5.55. The fraction of sp³-hybridized carbons (Fsp3) is 0.387. The molecule has 1 aliphatic heterocycles. The predicted octanol–water partition coefficient (Wildman–Crippen LogP) is 4.43. The minimum absolute atomic E-state index is 0.133. The number of ether oxygens (including phenoxy) is 5. The van der Waals surface area contributed by atoms with Crippen molar-refractivity contribution in [2.24, 2.45) is 5.92 Å². The predicted molar refractivity (Wildman–Crippen MR) is 147 cm³/mol. The van der Waals surface area contributed by atoms with Crippen LogP contribution in [0.25, 0.3) is 0 Å². The van der Waals surface area contributed by atoms with Crippen LogP contribution in [0.15, 0.2) is 65.0 Å². The maximum absolute atomic E-state index is 14.4. The Kier molecular flexibility index (Phi) is 8.82. The Morgan fingerprint density at radius 1 is 0.875 bits per heavy atom. The summed E-state index contributed by atoms with van der Waals surface area (Å²) in [6.45, 7) is 5.52. The van der Waals surface area contributed by atoms with Crippen molar-refractivity contribution in [1.29, 1.82) is 0 Å². The molecule has 0 amide bonds. The van der Waals surface area contributed by atoms with Gasteiger partial charge < -0.3 is 29.0 Å². The van der Waals surface area contributed by atoms with Gasteiger partial charge in [0.25, 0.3) is 0 Å². The molecule has 2 aliphatic rings. The second-order valence-corrected chi connectivity index (χ2v) is 9.50. The molecule has 2 aromatic rings. The molecule has 0 radical (unpaired) electrons. The number of Topliss-reactive ketones (excluding diaryl/α,β-unsaturated/α-hetero) is 1. The molecule has 3 unspecified atom stereocenters. The third kappa shape index (κ3) is 5.28. The largest absolute Gasteiger partial charge is 0.497 e. The van der Waals surface area contributed by atoms with Crippen LogP contribution in [-0.4, -0.2) is 52.3 Å². The van der Waals surface area contributed by atoms with Crippen LogP contribution < -0.4 is 19.5 Å². The Balaban J connectivity index is 1.91. The Bertz CT molecular complexity index is 1360. The van der Waals surface area contributed by atoms with Crippen LogP contribution in [0.5, 0.6) is 17.2 Å². The molecule has 0 saturated carbocycles. The molecule has 0 spiro atoms. The number of dihydropyridines is 1. The summed E-state index contributed by atoms with van der Waals surface area (Å²) in [5.74, 6) is -2.30. The molecular formula is C31H35NO8. The number of ketones is 1. The highest BCUT2D eigenvalue weighted by molar-refractivity contribution is 6.13. The van der Waals surface area contributed by atoms with Crippen molar-refractivity contribution in [3.63, 3.8) is 0 Å². The van der Waals surface area contributed by atoms with Gasteiger partial charge in [-0.05, 0) is 62.6 Å². The van der Waals surface area contributed by atoms with Gasteiger partial charge in [-0.15, -0.1) is 0 Å². The first-order chi connectivity index (χ1) is 19.3. The van der Waals surface area contributed by atoms with Gasteiger partial charge in [-0.2, -0.15) is 0 Å². The van der Waals surface area contributed by atoms with Crippen molar-refractivity contribution < 1.29 is 38.1 Å². The van der Waals surface area contributed by atoms with Crippen LogP contribution in [-0.2, 0) is 23.9 Å². The zero-order chi connectivity index (χ0) is 29.0. The Morgan fingerprint density at radius 3 is 2.12 bits per heavy atom. The lowest BCUT2D eigenvalue weighted by atomic mass is 9.67. The van der Waals surface area contributed by atoms with Crippen molar-refractivity contribution in [1.82, 2.24) is 5.32 Å². The molecule has 1 aliphatic carbocycles. The maximum atomic E-state index is 14.4. The second kappa shape index (κ2) is 12.3. The summed E-state index contributed by atoms with van der Waals surface area (Å²) in [5.41, 5.74) is 3.30. The van der Waals surface area contributed by atoms with E-state index < -0.39 is 35.5 Å². The number of allylic oxidation sites excluding steroid dienone is 3. The minimum Gasteiger partial charge on any atom is -0.497 e. The number of hydrogen-bond acceptors (Lipinski definition) is 9. The molecule has 1 heterocycles. The topological polar surface area (TPSA) is 109 Å². The van der Waals surface area contributed by atoms with Crippen LogP contribution in [0.1, 0.15) is 50.2 Å². The number of rotatable bonds is 9. The van der Waals surface area contributed by atoms with Crippen molar-refractivity contribution in [2.75, 3.05) is 34.5 Å². The molecule has 3 atom stereocenters. The van der Waals surface area contributed by atoms with E-state index in [0.29, 0.717) is 51.8 Å². The highest BCUT2D eigenvalue weighted by Crippen LogP contribution is 2.49. The van der Waals surface area contributed by atoms with Gasteiger partial charge in [0.15, 0.2) is 17.3 Å². The normalized spacial score (nSPS) is 20.4. The Labute approximate surface area is 234 Å². The average Bonchev–Trinajstić information content (AvgIpc) is 2.96. The molecule has 0 saturated heterocycles. The SMILES string of the molecule is CCOC(=O)C1=C(C)NC2=C(C(=O)C(C(=O)OCC)C(c3ccc(OC)cc3)C2)C1c1ccc(OC)c(OC)c1. The second-order valence-electron chi connectivity index (χ2n) is 9.50. The van der Waals surface area contributed by atoms with E-state index in [1.165, 1.54) is 14.2 Å². The van der Waals surface area contributed by atoms with Crippen LogP contribution in [0, 0.1) is 5.92 Å². The summed E-state index contributed by atoms with van der Waals surface area (Å²) in [7, 11) is 4.63. The van der Waals surface area contributed by atoms with E-state index in [0.717, 1.165) is 5.56 Å². The van der Waals surface area contributed by atoms with Crippen LogP contribution in [0.2, 0.25) is 0 Å². The zero-order valence-electron chi connectivity index (χ0n) is 23.7. The molecule has 1 N–H and O–H groups in total. The van der Waals surface area contributed by atoms with Crippen molar-refractivity contribution in [3.8, 4) is 17.2 Å². The summed E-state index contributed by atoms with van der Waals surface area (Å²) in [6, 6.07) is 12.6. The number of nitrogens with one attached hydrogen (secondary N) is 1. The van der Waals surface area contributed by atoms with Crippen LogP contribution in [0.3, 0.4) is 0 Å². The summed E-state index contributed by atoms with van der Waals surface area (Å²) in [4.78, 5) is 41.1. The van der Waals surface area contributed by atoms with Gasteiger partial charge in [-0.1, -0.05) is 18.2 Å². The van der Waals surface area contributed by atoms with Gasteiger partial charge in [0, 0.05) is 28.8 Å². The van der Waals surface area contributed by atoms with Gasteiger partial charge in [0.2, 0.25) is 0 Å². The van der Waals surface area contributed by atoms with E-state index in [4.69, 9.17) is 23.7 Å². The van der Waals surface area contributed by atoms with E-state index in [1.807, 2.05) is 12.1 Å². The number of carbonyl (C=O) groups excluding carboxylic acids is 3. The van der Waals surface area contributed by atoms with E-state index in [-0.39, 0.29) is 13.2 Å². The molecule has 2 aromatic carbocycles. The number of esters is 2. The molecule has 9 nitrogen and oxygen atoms in total. The molecule has 4 rings (SSSR count). The van der Waals surface area contributed by atoms with Gasteiger partial charge in [-0.25, -0.2) is 4.79 Å². The average molecular weight is 550 g/mol. The van der Waals surface area contributed by atoms with Crippen LogP contribution >= 0.6 is 0 Å². The molecule has 212 valence electrons. The molecule has 40 heavy (non-hydrogen) atoms. The number of carbonyl (C=O) groups is 3. The van der Waals surface area contributed by atoms with Gasteiger partial charge in [0.05, 0.1) is 40.1 Å². The Morgan fingerprint density at radius 2 is 1.52 bits per heavy atom. The van der Waals surface area contributed by atoms with Crippen molar-refractivity contribution in [3.05, 3.63) is 76.1 Å². The van der Waals surface area contributed by atoms with E-state index in [2.05, 4.69) is 5.32 Å².